The van der Waals surface area contributed by atoms with E-state index in [-0.39, 0.29) is 0 Å². The molecule has 0 unspecified atom stereocenters. The van der Waals surface area contributed by atoms with Crippen molar-refractivity contribution in [1.82, 2.24) is 4.90 Å². The standard InChI is InChI=1S/C20H33NO2/c1-14(2)19-10-9-15(3)11-20(19)23-13-18(22)12-21-16(4)7-6-8-17(21)5/h9-11,14,16-18,22H,6-8,12-13H2,1-5H3/t16-,17+,18-/m0/s1. The molecule has 0 spiro atoms. The monoisotopic (exact) mass is 319 g/mol. The maximum Gasteiger partial charge on any atom is 0.123 e. The Balaban J connectivity index is 1.94. The molecule has 3 atom stereocenters. The first-order chi connectivity index (χ1) is 10.9. The maximum atomic E-state index is 10.4. The lowest BCUT2D eigenvalue weighted by Crippen LogP contribution is -2.48. The van der Waals surface area contributed by atoms with Crippen molar-refractivity contribution in [3.63, 3.8) is 0 Å². The molecule has 1 aromatic rings. The van der Waals surface area contributed by atoms with E-state index in [0.29, 0.717) is 31.2 Å². The SMILES string of the molecule is Cc1ccc(C(C)C)c(OC[C@@H](O)CN2[C@H](C)CCC[C@@H]2C)c1. The highest BCUT2D eigenvalue weighted by molar-refractivity contribution is 5.39. The topological polar surface area (TPSA) is 32.7 Å². The number of hydrogen-bond acceptors (Lipinski definition) is 3. The molecule has 1 heterocycles. The van der Waals surface area contributed by atoms with Gasteiger partial charge in [-0.05, 0) is 56.7 Å². The van der Waals surface area contributed by atoms with Crippen molar-refractivity contribution in [2.45, 2.75) is 78.0 Å². The van der Waals surface area contributed by atoms with Crippen LogP contribution in [0.5, 0.6) is 5.75 Å². The van der Waals surface area contributed by atoms with Crippen LogP contribution in [0.2, 0.25) is 0 Å². The fraction of sp³-hybridized carbons (Fsp3) is 0.700. The van der Waals surface area contributed by atoms with Crippen LogP contribution in [-0.2, 0) is 0 Å². The number of aryl methyl sites for hydroxylation is 1. The van der Waals surface area contributed by atoms with E-state index in [1.807, 2.05) is 0 Å². The first-order valence-electron chi connectivity index (χ1n) is 9.05. The van der Waals surface area contributed by atoms with Crippen molar-refractivity contribution < 1.29 is 9.84 Å². The number of likely N-dealkylation sites (tertiary alicyclic amines) is 1. The van der Waals surface area contributed by atoms with E-state index in [1.165, 1.54) is 30.4 Å². The van der Waals surface area contributed by atoms with Crippen molar-refractivity contribution in [1.29, 1.82) is 0 Å². The number of rotatable bonds is 6. The van der Waals surface area contributed by atoms with Crippen molar-refractivity contribution in [3.8, 4) is 5.75 Å². The third kappa shape index (κ3) is 4.95. The summed E-state index contributed by atoms with van der Waals surface area (Å²) in [6.07, 6.45) is 3.31. The lowest BCUT2D eigenvalue weighted by molar-refractivity contribution is 0.0207. The van der Waals surface area contributed by atoms with E-state index in [9.17, 15) is 5.11 Å². The molecule has 1 aliphatic rings. The van der Waals surface area contributed by atoms with E-state index >= 15 is 0 Å². The average molecular weight is 319 g/mol. The van der Waals surface area contributed by atoms with Gasteiger partial charge in [0.2, 0.25) is 0 Å². The molecule has 3 nitrogen and oxygen atoms in total. The molecule has 0 bridgehead atoms. The number of benzene rings is 1. The maximum absolute atomic E-state index is 10.4. The molecule has 1 saturated heterocycles. The zero-order chi connectivity index (χ0) is 17.0. The number of aliphatic hydroxyl groups is 1. The van der Waals surface area contributed by atoms with E-state index in [4.69, 9.17) is 4.74 Å². The van der Waals surface area contributed by atoms with Crippen LogP contribution in [0.4, 0.5) is 0 Å². The molecule has 1 aliphatic heterocycles. The van der Waals surface area contributed by atoms with Crippen molar-refractivity contribution in [2.75, 3.05) is 13.2 Å². The van der Waals surface area contributed by atoms with Crippen LogP contribution in [0, 0.1) is 6.92 Å². The molecule has 0 aromatic heterocycles. The van der Waals surface area contributed by atoms with Gasteiger partial charge in [0.15, 0.2) is 0 Å². The van der Waals surface area contributed by atoms with Gasteiger partial charge in [0.1, 0.15) is 18.5 Å². The number of β-amino-alcohol motifs (C(OH)–C–C–N with tert-alkyl or cyclic N) is 1. The summed E-state index contributed by atoms with van der Waals surface area (Å²) in [4.78, 5) is 2.43. The molecule has 0 saturated carbocycles. The summed E-state index contributed by atoms with van der Waals surface area (Å²) >= 11 is 0. The summed E-state index contributed by atoms with van der Waals surface area (Å²) < 4.78 is 5.98. The van der Waals surface area contributed by atoms with E-state index < -0.39 is 6.10 Å². The fourth-order valence-corrected chi connectivity index (χ4v) is 3.56. The van der Waals surface area contributed by atoms with Gasteiger partial charge in [-0.1, -0.05) is 32.4 Å². The van der Waals surface area contributed by atoms with Crippen LogP contribution in [0.15, 0.2) is 18.2 Å². The Morgan fingerprint density at radius 1 is 1.22 bits per heavy atom. The molecule has 130 valence electrons. The largest absolute Gasteiger partial charge is 0.491 e. The molecule has 0 amide bonds. The van der Waals surface area contributed by atoms with Gasteiger partial charge in [-0.25, -0.2) is 0 Å². The van der Waals surface area contributed by atoms with Crippen LogP contribution in [0.3, 0.4) is 0 Å². The summed E-state index contributed by atoms with van der Waals surface area (Å²) in [6, 6.07) is 7.44. The summed E-state index contributed by atoms with van der Waals surface area (Å²) in [7, 11) is 0. The van der Waals surface area contributed by atoms with Crippen LogP contribution in [0.25, 0.3) is 0 Å². The highest BCUT2D eigenvalue weighted by Gasteiger charge is 2.26. The quantitative estimate of drug-likeness (QED) is 0.856. The molecule has 3 heteroatoms. The van der Waals surface area contributed by atoms with Crippen molar-refractivity contribution in [2.24, 2.45) is 0 Å². The second-order valence-corrected chi connectivity index (χ2v) is 7.49. The highest BCUT2D eigenvalue weighted by atomic mass is 16.5. The van der Waals surface area contributed by atoms with Crippen molar-refractivity contribution in [3.05, 3.63) is 29.3 Å². The van der Waals surface area contributed by atoms with Gasteiger partial charge in [-0.3, -0.25) is 4.90 Å². The zero-order valence-electron chi connectivity index (χ0n) is 15.4. The van der Waals surface area contributed by atoms with Crippen LogP contribution < -0.4 is 4.74 Å². The lowest BCUT2D eigenvalue weighted by atomic mass is 9.97. The summed E-state index contributed by atoms with van der Waals surface area (Å²) in [6.45, 7) is 12.0. The highest BCUT2D eigenvalue weighted by Crippen LogP contribution is 2.28. The molecule has 1 fully saturated rings. The average Bonchev–Trinajstić information content (AvgIpc) is 2.49. The Bertz CT molecular complexity index is 490. The van der Waals surface area contributed by atoms with Crippen LogP contribution in [-0.4, -0.2) is 41.3 Å². The number of piperidine rings is 1. The van der Waals surface area contributed by atoms with Gasteiger partial charge in [-0.2, -0.15) is 0 Å². The van der Waals surface area contributed by atoms with E-state index in [2.05, 4.69) is 57.7 Å². The van der Waals surface area contributed by atoms with Gasteiger partial charge < -0.3 is 9.84 Å². The predicted molar refractivity (Wildman–Crippen MR) is 96.3 cm³/mol. The second kappa shape index (κ2) is 8.16. The fourth-order valence-electron chi connectivity index (χ4n) is 3.56. The number of aliphatic hydroxyl groups excluding tert-OH is 1. The van der Waals surface area contributed by atoms with Crippen LogP contribution in [0.1, 0.15) is 64.0 Å². The predicted octanol–water partition coefficient (Wildman–Crippen LogP) is 4.12. The molecule has 0 aliphatic carbocycles. The Hall–Kier alpha value is -1.06. The van der Waals surface area contributed by atoms with Crippen LogP contribution >= 0.6 is 0 Å². The van der Waals surface area contributed by atoms with Gasteiger partial charge in [0.25, 0.3) is 0 Å². The lowest BCUT2D eigenvalue weighted by Gasteiger charge is -2.40. The minimum absolute atomic E-state index is 0.360. The summed E-state index contributed by atoms with van der Waals surface area (Å²) in [5.74, 6) is 1.34. The molecule has 23 heavy (non-hydrogen) atoms. The number of hydrogen-bond donors (Lipinski definition) is 1. The third-order valence-corrected chi connectivity index (χ3v) is 5.02. The molecule has 1 aromatic carbocycles. The molecular weight excluding hydrogens is 286 g/mol. The van der Waals surface area contributed by atoms with Gasteiger partial charge in [0.05, 0.1) is 0 Å². The smallest absolute Gasteiger partial charge is 0.123 e. The molecule has 1 N–H and O–H groups in total. The van der Waals surface area contributed by atoms with E-state index in [1.54, 1.807) is 0 Å². The first-order valence-corrected chi connectivity index (χ1v) is 9.05. The molecule has 0 radical (unpaired) electrons. The molecular formula is C20H33NO2. The summed E-state index contributed by atoms with van der Waals surface area (Å²) in [5, 5.41) is 10.4. The Labute approximate surface area is 141 Å². The summed E-state index contributed by atoms with van der Waals surface area (Å²) in [5.41, 5.74) is 2.40. The second-order valence-electron chi connectivity index (χ2n) is 7.49. The third-order valence-electron chi connectivity index (χ3n) is 5.02. The zero-order valence-corrected chi connectivity index (χ0v) is 15.4. The van der Waals surface area contributed by atoms with E-state index in [0.717, 1.165) is 5.75 Å². The number of ether oxygens (including phenoxy) is 1. The molecule has 2 rings (SSSR count). The van der Waals surface area contributed by atoms with Gasteiger partial charge in [-0.15, -0.1) is 0 Å². The van der Waals surface area contributed by atoms with Gasteiger partial charge >= 0.3 is 0 Å². The Morgan fingerprint density at radius 3 is 2.48 bits per heavy atom. The first kappa shape index (κ1) is 18.3. The minimum atomic E-state index is -0.446. The minimum Gasteiger partial charge on any atom is -0.491 e. The van der Waals surface area contributed by atoms with Crippen molar-refractivity contribution >= 4 is 0 Å². The number of nitrogens with zero attached hydrogens (tertiary/aromatic N) is 1. The van der Waals surface area contributed by atoms with Gasteiger partial charge in [0, 0.05) is 18.6 Å². The normalized spacial score (nSPS) is 24.0. The Morgan fingerprint density at radius 2 is 1.87 bits per heavy atom. The Kier molecular flexibility index (Phi) is 6.49.